The Hall–Kier alpha value is -0.260. The first-order valence-electron chi connectivity index (χ1n) is 12.5. The molecule has 27 heavy (non-hydrogen) atoms. The van der Waals surface area contributed by atoms with Gasteiger partial charge in [-0.05, 0) is 104 Å². The number of fused-ring (bicyclic) bond motifs is 5. The van der Waals surface area contributed by atoms with E-state index in [1.165, 1.54) is 64.2 Å². The lowest BCUT2D eigenvalue weighted by atomic mass is 9.45. The van der Waals surface area contributed by atoms with Crippen molar-refractivity contribution in [1.29, 1.82) is 0 Å². The number of rotatable bonds is 5. The molecule has 154 valence electrons. The van der Waals surface area contributed by atoms with Crippen molar-refractivity contribution in [3.63, 3.8) is 0 Å². The molecule has 0 aromatic rings. The maximum absolute atomic E-state index is 2.74. The van der Waals surface area contributed by atoms with Crippen molar-refractivity contribution in [3.05, 3.63) is 12.2 Å². The molecule has 4 aliphatic carbocycles. The minimum absolute atomic E-state index is 0.625. The van der Waals surface area contributed by atoms with E-state index >= 15 is 0 Å². The summed E-state index contributed by atoms with van der Waals surface area (Å²) in [6, 6.07) is 0. The van der Waals surface area contributed by atoms with Crippen LogP contribution in [0.3, 0.4) is 0 Å². The maximum atomic E-state index is 2.74. The molecular weight excluding hydrogens is 324 g/mol. The van der Waals surface area contributed by atoms with E-state index in [-0.39, 0.29) is 0 Å². The Morgan fingerprint density at radius 2 is 1.63 bits per heavy atom. The predicted octanol–water partition coefficient (Wildman–Crippen LogP) is 8.27. The molecule has 8 atom stereocenters. The molecule has 0 heterocycles. The Morgan fingerprint density at radius 3 is 2.41 bits per heavy atom. The maximum Gasteiger partial charge on any atom is -0.0177 e. The van der Waals surface area contributed by atoms with Gasteiger partial charge in [-0.15, -0.1) is 0 Å². The fraction of sp³-hybridized carbons (Fsp3) is 0.926. The Balaban J connectivity index is 1.47. The quantitative estimate of drug-likeness (QED) is 0.427. The van der Waals surface area contributed by atoms with Crippen molar-refractivity contribution in [2.45, 2.75) is 105 Å². The van der Waals surface area contributed by atoms with Crippen molar-refractivity contribution >= 4 is 0 Å². The number of hydrogen-bond acceptors (Lipinski definition) is 0. The molecule has 0 nitrogen and oxygen atoms in total. The fourth-order valence-corrected chi connectivity index (χ4v) is 8.85. The van der Waals surface area contributed by atoms with E-state index in [2.05, 4.69) is 46.8 Å². The van der Waals surface area contributed by atoms with Crippen LogP contribution in [0, 0.1) is 52.3 Å². The van der Waals surface area contributed by atoms with Crippen LogP contribution in [-0.2, 0) is 0 Å². The van der Waals surface area contributed by atoms with E-state index in [0.717, 1.165) is 41.4 Å². The second kappa shape index (κ2) is 7.53. The number of hydrogen-bond donors (Lipinski definition) is 0. The SMILES string of the molecule is CC(C)CCC[C@@H](C)[C@@H]1CC[C@@H]2[C@@H]3CC[C@H]4C=CCC[C@]4(C)[C@@H]3CC[C@@]21C. The van der Waals surface area contributed by atoms with Crippen LogP contribution < -0.4 is 0 Å². The third kappa shape index (κ3) is 3.36. The molecule has 0 N–H and O–H groups in total. The van der Waals surface area contributed by atoms with E-state index < -0.39 is 0 Å². The van der Waals surface area contributed by atoms with Gasteiger partial charge in [-0.3, -0.25) is 0 Å². The Bertz CT molecular complexity index is 544. The van der Waals surface area contributed by atoms with Gasteiger partial charge in [0.25, 0.3) is 0 Å². The summed E-state index contributed by atoms with van der Waals surface area (Å²) in [5, 5.41) is 0. The number of allylic oxidation sites excluding steroid dienone is 2. The molecule has 0 aromatic heterocycles. The smallest absolute Gasteiger partial charge is 0.0177 e. The highest BCUT2D eigenvalue weighted by molar-refractivity contribution is 5.13. The van der Waals surface area contributed by atoms with Crippen LogP contribution in [-0.4, -0.2) is 0 Å². The molecule has 0 radical (unpaired) electrons. The molecule has 0 aromatic carbocycles. The molecule has 0 spiro atoms. The van der Waals surface area contributed by atoms with Crippen LogP contribution in [0.25, 0.3) is 0 Å². The minimum Gasteiger partial charge on any atom is -0.0882 e. The molecule has 0 saturated heterocycles. The lowest BCUT2D eigenvalue weighted by Crippen LogP contribution is -2.52. The van der Waals surface area contributed by atoms with E-state index in [1.807, 2.05) is 0 Å². The highest BCUT2D eigenvalue weighted by Gasteiger charge is 2.59. The molecule has 0 aliphatic heterocycles. The lowest BCUT2D eigenvalue weighted by molar-refractivity contribution is -0.0955. The van der Waals surface area contributed by atoms with Crippen molar-refractivity contribution < 1.29 is 0 Å². The molecule has 0 bridgehead atoms. The molecule has 3 saturated carbocycles. The van der Waals surface area contributed by atoms with Gasteiger partial charge in [-0.25, -0.2) is 0 Å². The van der Waals surface area contributed by atoms with Crippen LogP contribution in [0.1, 0.15) is 105 Å². The lowest BCUT2D eigenvalue weighted by Gasteiger charge is -2.60. The summed E-state index contributed by atoms with van der Waals surface area (Å²) in [5.41, 5.74) is 1.28. The zero-order chi connectivity index (χ0) is 19.2. The van der Waals surface area contributed by atoms with Gasteiger partial charge in [0.2, 0.25) is 0 Å². The first kappa shape index (κ1) is 20.0. The Labute approximate surface area is 170 Å². The van der Waals surface area contributed by atoms with Gasteiger partial charge in [0.15, 0.2) is 0 Å². The minimum atomic E-state index is 0.625. The second-order valence-electron chi connectivity index (χ2n) is 12.1. The van der Waals surface area contributed by atoms with Crippen LogP contribution in [0.15, 0.2) is 12.2 Å². The molecule has 0 amide bonds. The van der Waals surface area contributed by atoms with Crippen molar-refractivity contribution in [1.82, 2.24) is 0 Å². The van der Waals surface area contributed by atoms with Gasteiger partial charge in [0, 0.05) is 0 Å². The van der Waals surface area contributed by atoms with Gasteiger partial charge < -0.3 is 0 Å². The van der Waals surface area contributed by atoms with E-state index in [0.29, 0.717) is 10.8 Å². The molecule has 0 unspecified atom stereocenters. The summed E-state index contributed by atoms with van der Waals surface area (Å²) in [5.74, 6) is 6.83. The van der Waals surface area contributed by atoms with E-state index in [1.54, 1.807) is 6.42 Å². The van der Waals surface area contributed by atoms with Gasteiger partial charge in [-0.1, -0.05) is 66.0 Å². The molecule has 3 fully saturated rings. The second-order valence-corrected chi connectivity index (χ2v) is 12.1. The predicted molar refractivity (Wildman–Crippen MR) is 118 cm³/mol. The summed E-state index contributed by atoms with van der Waals surface area (Å²) in [6.45, 7) is 12.8. The summed E-state index contributed by atoms with van der Waals surface area (Å²) in [7, 11) is 0. The summed E-state index contributed by atoms with van der Waals surface area (Å²) in [4.78, 5) is 0. The topological polar surface area (TPSA) is 0 Å². The fourth-order valence-electron chi connectivity index (χ4n) is 8.85. The van der Waals surface area contributed by atoms with Crippen molar-refractivity contribution in [2.75, 3.05) is 0 Å². The van der Waals surface area contributed by atoms with Crippen LogP contribution in [0.5, 0.6) is 0 Å². The molecule has 4 rings (SSSR count). The van der Waals surface area contributed by atoms with Gasteiger partial charge in [-0.2, -0.15) is 0 Å². The normalized spacial score (nSPS) is 47.4. The van der Waals surface area contributed by atoms with Crippen LogP contribution in [0.2, 0.25) is 0 Å². The van der Waals surface area contributed by atoms with Crippen molar-refractivity contribution in [3.8, 4) is 0 Å². The summed E-state index contributed by atoms with van der Waals surface area (Å²) < 4.78 is 0. The van der Waals surface area contributed by atoms with E-state index in [4.69, 9.17) is 0 Å². The first-order chi connectivity index (χ1) is 12.9. The highest BCUT2D eigenvalue weighted by Crippen LogP contribution is 2.67. The van der Waals surface area contributed by atoms with Crippen LogP contribution in [0.4, 0.5) is 0 Å². The Morgan fingerprint density at radius 1 is 0.852 bits per heavy atom. The third-order valence-electron chi connectivity index (χ3n) is 10.4. The van der Waals surface area contributed by atoms with Crippen LogP contribution >= 0.6 is 0 Å². The Kier molecular flexibility index (Phi) is 5.59. The summed E-state index contributed by atoms with van der Waals surface area (Å²) in [6.07, 6.45) is 21.4. The van der Waals surface area contributed by atoms with Gasteiger partial charge in [0.05, 0.1) is 0 Å². The molecular formula is C27H46. The third-order valence-corrected chi connectivity index (χ3v) is 10.4. The van der Waals surface area contributed by atoms with E-state index in [9.17, 15) is 0 Å². The van der Waals surface area contributed by atoms with Crippen molar-refractivity contribution in [2.24, 2.45) is 52.3 Å². The standard InChI is InChI=1S/C27H46/c1-19(2)9-8-10-20(3)23-14-15-24-22-13-12-21-11-6-7-17-26(21,4)25(22)16-18-27(23,24)5/h6,11,19-25H,7-10,12-18H2,1-5H3/t20-,21-,22+,23+,24-,25-,26+,27-/m1/s1. The van der Waals surface area contributed by atoms with Gasteiger partial charge in [0.1, 0.15) is 0 Å². The zero-order valence-electron chi connectivity index (χ0n) is 19.0. The largest absolute Gasteiger partial charge is 0.0882 e. The summed E-state index contributed by atoms with van der Waals surface area (Å²) >= 11 is 0. The molecule has 0 heteroatoms. The monoisotopic (exact) mass is 370 g/mol. The average molecular weight is 371 g/mol. The highest BCUT2D eigenvalue weighted by atomic mass is 14.6. The van der Waals surface area contributed by atoms with Gasteiger partial charge >= 0.3 is 0 Å². The molecule has 4 aliphatic rings. The zero-order valence-corrected chi connectivity index (χ0v) is 19.0. The first-order valence-corrected chi connectivity index (χ1v) is 12.5. The average Bonchev–Trinajstić information content (AvgIpc) is 2.98.